The molecule has 0 amide bonds. The highest BCUT2D eigenvalue weighted by Crippen LogP contribution is 2.31. The van der Waals surface area contributed by atoms with Gasteiger partial charge in [0.15, 0.2) is 0 Å². The Bertz CT molecular complexity index is 1050. The van der Waals surface area contributed by atoms with Gasteiger partial charge in [-0.1, -0.05) is 48.0 Å². The number of ether oxygens (including phenoxy) is 2. The Hall–Kier alpha value is -3.31. The van der Waals surface area contributed by atoms with Crippen LogP contribution < -0.4 is 4.74 Å². The first-order chi connectivity index (χ1) is 13.5. The number of halogens is 1. The van der Waals surface area contributed by atoms with E-state index >= 15 is 0 Å². The number of hydrogen-bond donors (Lipinski definition) is 1. The Balaban J connectivity index is 1.83. The molecule has 3 aromatic carbocycles. The Morgan fingerprint density at radius 3 is 2.32 bits per heavy atom. The largest absolute Gasteiger partial charge is 0.488 e. The number of fused-ring (bicyclic) bond motifs is 1. The fourth-order valence-corrected chi connectivity index (χ4v) is 2.94. The van der Waals surface area contributed by atoms with Crippen molar-refractivity contribution in [3.63, 3.8) is 0 Å². The third kappa shape index (κ3) is 4.32. The van der Waals surface area contributed by atoms with E-state index in [0.29, 0.717) is 21.9 Å². The van der Waals surface area contributed by atoms with Gasteiger partial charge < -0.3 is 14.6 Å². The van der Waals surface area contributed by atoms with Gasteiger partial charge in [0.05, 0.1) is 18.2 Å². The summed E-state index contributed by atoms with van der Waals surface area (Å²) in [6, 6.07) is 17.4. The van der Waals surface area contributed by atoms with E-state index < -0.39 is 11.9 Å². The SMILES string of the molecule is COC(=O)c1ccc(/C=C(/COc2ccc(Cl)c3ccccc23)C(=O)O)cc1. The van der Waals surface area contributed by atoms with Gasteiger partial charge in [0.1, 0.15) is 12.4 Å². The van der Waals surface area contributed by atoms with Gasteiger partial charge in [-0.25, -0.2) is 9.59 Å². The summed E-state index contributed by atoms with van der Waals surface area (Å²) in [4.78, 5) is 23.1. The number of carbonyl (C=O) groups is 2. The number of benzene rings is 3. The lowest BCUT2D eigenvalue weighted by Crippen LogP contribution is -2.10. The number of aliphatic carboxylic acids is 1. The molecule has 0 spiro atoms. The summed E-state index contributed by atoms with van der Waals surface area (Å²) >= 11 is 6.20. The number of carboxylic acid groups (broad SMARTS) is 1. The molecule has 0 saturated carbocycles. The van der Waals surface area contributed by atoms with Crippen LogP contribution in [0.4, 0.5) is 0 Å². The van der Waals surface area contributed by atoms with E-state index in [1.165, 1.54) is 13.2 Å². The summed E-state index contributed by atoms with van der Waals surface area (Å²) in [5, 5.41) is 11.7. The lowest BCUT2D eigenvalue weighted by Gasteiger charge is -2.11. The molecule has 0 heterocycles. The second-order valence-corrected chi connectivity index (χ2v) is 6.38. The molecule has 0 fully saturated rings. The van der Waals surface area contributed by atoms with Gasteiger partial charge in [0.25, 0.3) is 0 Å². The molecule has 0 aliphatic rings. The van der Waals surface area contributed by atoms with Crippen LogP contribution in [0.5, 0.6) is 5.75 Å². The second-order valence-electron chi connectivity index (χ2n) is 5.97. The van der Waals surface area contributed by atoms with Gasteiger partial charge >= 0.3 is 11.9 Å². The van der Waals surface area contributed by atoms with Gasteiger partial charge in [-0.3, -0.25) is 0 Å². The minimum absolute atomic E-state index is 0.0739. The molecule has 3 aromatic rings. The molecular weight excluding hydrogens is 380 g/mol. The van der Waals surface area contributed by atoms with Crippen molar-refractivity contribution in [3.05, 3.63) is 82.4 Å². The van der Waals surface area contributed by atoms with Gasteiger partial charge in [0, 0.05) is 15.8 Å². The molecule has 0 aliphatic heterocycles. The Labute approximate surface area is 166 Å². The fourth-order valence-electron chi connectivity index (χ4n) is 2.72. The molecule has 0 saturated heterocycles. The maximum absolute atomic E-state index is 11.6. The van der Waals surface area contributed by atoms with Crippen LogP contribution in [0.2, 0.25) is 5.02 Å². The lowest BCUT2D eigenvalue weighted by molar-refractivity contribution is -0.132. The van der Waals surface area contributed by atoms with Crippen LogP contribution >= 0.6 is 11.6 Å². The van der Waals surface area contributed by atoms with E-state index in [9.17, 15) is 14.7 Å². The monoisotopic (exact) mass is 396 g/mol. The molecule has 28 heavy (non-hydrogen) atoms. The van der Waals surface area contributed by atoms with Gasteiger partial charge in [0.2, 0.25) is 0 Å². The molecule has 142 valence electrons. The molecular formula is C22H17ClO5. The number of carbonyl (C=O) groups excluding carboxylic acids is 1. The van der Waals surface area contributed by atoms with Crippen LogP contribution in [0.15, 0.2) is 66.2 Å². The molecule has 6 heteroatoms. The fraction of sp³-hybridized carbons (Fsp3) is 0.0909. The summed E-state index contributed by atoms with van der Waals surface area (Å²) in [6.45, 7) is -0.125. The summed E-state index contributed by atoms with van der Waals surface area (Å²) in [5.74, 6) is -0.990. The lowest BCUT2D eigenvalue weighted by atomic mass is 10.1. The zero-order valence-corrected chi connectivity index (χ0v) is 15.8. The average molecular weight is 397 g/mol. The first-order valence-corrected chi connectivity index (χ1v) is 8.79. The quantitative estimate of drug-likeness (QED) is 0.477. The van der Waals surface area contributed by atoms with Crippen molar-refractivity contribution >= 4 is 40.4 Å². The second kappa shape index (κ2) is 8.59. The Kier molecular flexibility index (Phi) is 5.96. The standard InChI is InChI=1S/C22H17ClO5/c1-27-22(26)15-8-6-14(7-9-15)12-16(21(24)25)13-28-20-11-10-19(23)17-4-2-3-5-18(17)20/h2-12H,13H2,1H3,(H,24,25)/b16-12-. The van der Waals surface area contributed by atoms with Crippen molar-refractivity contribution in [2.75, 3.05) is 13.7 Å². The average Bonchev–Trinajstić information content (AvgIpc) is 2.72. The minimum Gasteiger partial charge on any atom is -0.488 e. The topological polar surface area (TPSA) is 72.8 Å². The summed E-state index contributed by atoms with van der Waals surface area (Å²) in [5.41, 5.74) is 1.10. The zero-order valence-electron chi connectivity index (χ0n) is 15.0. The third-order valence-corrected chi connectivity index (χ3v) is 4.49. The molecule has 1 N–H and O–H groups in total. The van der Waals surface area contributed by atoms with E-state index in [4.69, 9.17) is 16.3 Å². The highest BCUT2D eigenvalue weighted by molar-refractivity contribution is 6.35. The Morgan fingerprint density at radius 2 is 1.68 bits per heavy atom. The summed E-state index contributed by atoms with van der Waals surface area (Å²) in [7, 11) is 1.30. The van der Waals surface area contributed by atoms with E-state index in [2.05, 4.69) is 4.74 Å². The van der Waals surface area contributed by atoms with Gasteiger partial charge in [-0.15, -0.1) is 0 Å². The minimum atomic E-state index is -1.09. The maximum Gasteiger partial charge on any atom is 0.337 e. The van der Waals surface area contributed by atoms with E-state index in [-0.39, 0.29) is 12.2 Å². The van der Waals surface area contributed by atoms with Crippen LogP contribution in [0.1, 0.15) is 15.9 Å². The van der Waals surface area contributed by atoms with Crippen LogP contribution in [0, 0.1) is 0 Å². The molecule has 0 aliphatic carbocycles. The van der Waals surface area contributed by atoms with Crippen LogP contribution in [0.3, 0.4) is 0 Å². The highest BCUT2D eigenvalue weighted by Gasteiger charge is 2.12. The predicted octanol–water partition coefficient (Wildman–Crippen LogP) is 4.83. The zero-order chi connectivity index (χ0) is 20.1. The van der Waals surface area contributed by atoms with Crippen molar-refractivity contribution < 1.29 is 24.2 Å². The third-order valence-electron chi connectivity index (χ3n) is 4.16. The number of rotatable bonds is 6. The van der Waals surface area contributed by atoms with Crippen molar-refractivity contribution in [2.45, 2.75) is 0 Å². The first-order valence-electron chi connectivity index (χ1n) is 8.42. The van der Waals surface area contributed by atoms with Crippen LogP contribution in [0.25, 0.3) is 16.8 Å². The summed E-state index contributed by atoms with van der Waals surface area (Å²) < 4.78 is 10.4. The highest BCUT2D eigenvalue weighted by atomic mass is 35.5. The number of hydrogen-bond acceptors (Lipinski definition) is 4. The van der Waals surface area contributed by atoms with Gasteiger partial charge in [-0.05, 0) is 35.9 Å². The van der Waals surface area contributed by atoms with Gasteiger partial charge in [-0.2, -0.15) is 0 Å². The molecule has 0 radical (unpaired) electrons. The summed E-state index contributed by atoms with van der Waals surface area (Å²) in [6.07, 6.45) is 1.50. The van der Waals surface area contributed by atoms with E-state index in [0.717, 1.165) is 10.8 Å². The molecule has 0 unspecified atom stereocenters. The smallest absolute Gasteiger partial charge is 0.337 e. The maximum atomic E-state index is 11.6. The van der Waals surface area contributed by atoms with Crippen LogP contribution in [-0.2, 0) is 9.53 Å². The molecule has 0 aromatic heterocycles. The normalized spacial score (nSPS) is 11.3. The van der Waals surface area contributed by atoms with Crippen molar-refractivity contribution in [3.8, 4) is 5.75 Å². The van der Waals surface area contributed by atoms with Crippen molar-refractivity contribution in [1.29, 1.82) is 0 Å². The van der Waals surface area contributed by atoms with Crippen LogP contribution in [-0.4, -0.2) is 30.8 Å². The number of esters is 1. The predicted molar refractivity (Wildman–Crippen MR) is 108 cm³/mol. The van der Waals surface area contributed by atoms with Crippen molar-refractivity contribution in [2.24, 2.45) is 0 Å². The molecule has 3 rings (SSSR count). The van der Waals surface area contributed by atoms with E-state index in [1.54, 1.807) is 36.4 Å². The van der Waals surface area contributed by atoms with E-state index in [1.807, 2.05) is 24.3 Å². The molecule has 5 nitrogen and oxygen atoms in total. The molecule has 0 atom stereocenters. The van der Waals surface area contributed by atoms with Crippen molar-refractivity contribution in [1.82, 2.24) is 0 Å². The molecule has 0 bridgehead atoms. The number of methoxy groups -OCH3 is 1. The Morgan fingerprint density at radius 1 is 1.00 bits per heavy atom. The number of carboxylic acids is 1. The first kappa shape index (κ1) is 19.5.